The van der Waals surface area contributed by atoms with Crippen molar-refractivity contribution in [2.24, 2.45) is 11.8 Å². The summed E-state index contributed by atoms with van der Waals surface area (Å²) in [5, 5.41) is 6.57. The zero-order chi connectivity index (χ0) is 14.7. The molecular weight excluding hydrogens is 264 g/mol. The van der Waals surface area contributed by atoms with E-state index in [0.717, 1.165) is 25.4 Å². The predicted octanol–water partition coefficient (Wildman–Crippen LogP) is 2.20. The lowest BCUT2D eigenvalue weighted by molar-refractivity contribution is 0.0943. The Morgan fingerprint density at radius 3 is 2.86 bits per heavy atom. The first-order valence-corrected chi connectivity index (χ1v) is 8.03. The van der Waals surface area contributed by atoms with E-state index >= 15 is 0 Å². The summed E-state index contributed by atoms with van der Waals surface area (Å²) in [7, 11) is 0. The fourth-order valence-electron chi connectivity index (χ4n) is 3.36. The van der Waals surface area contributed by atoms with Crippen molar-refractivity contribution in [2.45, 2.75) is 32.2 Å². The van der Waals surface area contributed by atoms with Gasteiger partial charge < -0.3 is 15.4 Å². The minimum Gasteiger partial charge on any atom is -0.493 e. The molecule has 0 radical (unpaired) electrons. The van der Waals surface area contributed by atoms with Crippen LogP contribution in [-0.2, 0) is 0 Å². The van der Waals surface area contributed by atoms with Gasteiger partial charge in [0.15, 0.2) is 0 Å². The molecule has 4 nitrogen and oxygen atoms in total. The van der Waals surface area contributed by atoms with Gasteiger partial charge in [-0.25, -0.2) is 0 Å². The number of carbonyl (C=O) groups is 1. The Morgan fingerprint density at radius 1 is 1.33 bits per heavy atom. The summed E-state index contributed by atoms with van der Waals surface area (Å²) in [6.07, 6.45) is 3.62. The van der Waals surface area contributed by atoms with Crippen molar-refractivity contribution < 1.29 is 9.53 Å². The molecule has 0 bridgehead atoms. The number of hydrogen-bond donors (Lipinski definition) is 2. The van der Waals surface area contributed by atoms with Gasteiger partial charge in [0.2, 0.25) is 0 Å². The smallest absolute Gasteiger partial charge is 0.255 e. The van der Waals surface area contributed by atoms with Gasteiger partial charge in [-0.2, -0.15) is 0 Å². The Kier molecular flexibility index (Phi) is 4.44. The fourth-order valence-corrected chi connectivity index (χ4v) is 3.36. The molecule has 1 saturated heterocycles. The van der Waals surface area contributed by atoms with Gasteiger partial charge in [-0.1, -0.05) is 12.1 Å². The summed E-state index contributed by atoms with van der Waals surface area (Å²) in [4.78, 5) is 12.4. The van der Waals surface area contributed by atoms with Crippen molar-refractivity contribution in [1.29, 1.82) is 0 Å². The molecule has 1 amide bonds. The number of benzene rings is 1. The zero-order valence-corrected chi connectivity index (χ0v) is 12.6. The Bertz CT molecular complexity index is 497. The molecule has 0 unspecified atom stereocenters. The van der Waals surface area contributed by atoms with Gasteiger partial charge in [0.25, 0.3) is 5.91 Å². The van der Waals surface area contributed by atoms with Crippen LogP contribution in [0.2, 0.25) is 0 Å². The molecule has 1 aliphatic carbocycles. The molecule has 114 valence electrons. The van der Waals surface area contributed by atoms with Crippen LogP contribution in [0.5, 0.6) is 5.75 Å². The van der Waals surface area contributed by atoms with Crippen molar-refractivity contribution in [2.75, 3.05) is 19.7 Å². The number of nitrogens with one attached hydrogen (secondary N) is 2. The lowest BCUT2D eigenvalue weighted by Crippen LogP contribution is -2.32. The van der Waals surface area contributed by atoms with E-state index in [1.165, 1.54) is 12.8 Å². The molecule has 1 aromatic carbocycles. The SMILES string of the molecule is CCOc1ccccc1C(=O)N[C@@H]1C[C@H]1C1CCNCC1. The third kappa shape index (κ3) is 3.38. The highest BCUT2D eigenvalue weighted by atomic mass is 16.5. The van der Waals surface area contributed by atoms with E-state index in [2.05, 4.69) is 10.6 Å². The van der Waals surface area contributed by atoms with E-state index in [4.69, 9.17) is 4.74 Å². The second kappa shape index (κ2) is 6.48. The molecule has 2 aliphatic rings. The van der Waals surface area contributed by atoms with Gasteiger partial charge in [0, 0.05) is 6.04 Å². The first-order valence-electron chi connectivity index (χ1n) is 8.03. The number of piperidine rings is 1. The Labute approximate surface area is 126 Å². The fraction of sp³-hybridized carbons (Fsp3) is 0.588. The molecule has 3 rings (SSSR count). The molecule has 2 fully saturated rings. The number of hydrogen-bond acceptors (Lipinski definition) is 3. The molecule has 1 heterocycles. The van der Waals surface area contributed by atoms with Gasteiger partial charge in [0.1, 0.15) is 5.75 Å². The van der Waals surface area contributed by atoms with E-state index in [-0.39, 0.29) is 5.91 Å². The predicted molar refractivity (Wildman–Crippen MR) is 82.6 cm³/mol. The zero-order valence-electron chi connectivity index (χ0n) is 12.6. The average molecular weight is 288 g/mol. The Hall–Kier alpha value is -1.55. The average Bonchev–Trinajstić information content (AvgIpc) is 3.28. The lowest BCUT2D eigenvalue weighted by atomic mass is 9.93. The van der Waals surface area contributed by atoms with Crippen molar-refractivity contribution >= 4 is 5.91 Å². The molecule has 1 aliphatic heterocycles. The maximum Gasteiger partial charge on any atom is 0.255 e. The van der Waals surface area contributed by atoms with Crippen LogP contribution in [0.25, 0.3) is 0 Å². The van der Waals surface area contributed by atoms with E-state index in [1.807, 2.05) is 31.2 Å². The molecule has 2 N–H and O–H groups in total. The van der Waals surface area contributed by atoms with Gasteiger partial charge in [-0.3, -0.25) is 4.79 Å². The van der Waals surface area contributed by atoms with Crippen LogP contribution in [0.1, 0.15) is 36.5 Å². The summed E-state index contributed by atoms with van der Waals surface area (Å²) in [5.74, 6) is 2.13. The minimum absolute atomic E-state index is 0.000449. The van der Waals surface area contributed by atoms with Crippen molar-refractivity contribution in [3.63, 3.8) is 0 Å². The van der Waals surface area contributed by atoms with Crippen molar-refractivity contribution in [3.05, 3.63) is 29.8 Å². The van der Waals surface area contributed by atoms with E-state index in [0.29, 0.717) is 29.9 Å². The molecule has 21 heavy (non-hydrogen) atoms. The standard InChI is InChI=1S/C17H24N2O2/c1-2-21-16-6-4-3-5-13(16)17(20)19-15-11-14(15)12-7-9-18-10-8-12/h3-6,12,14-15,18H,2,7-11H2,1H3,(H,19,20)/t14-,15+/m0/s1. The summed E-state index contributed by atoms with van der Waals surface area (Å²) >= 11 is 0. The topological polar surface area (TPSA) is 50.4 Å². The second-order valence-corrected chi connectivity index (χ2v) is 6.00. The summed E-state index contributed by atoms with van der Waals surface area (Å²) in [6, 6.07) is 7.83. The van der Waals surface area contributed by atoms with E-state index in [1.54, 1.807) is 0 Å². The number of carbonyl (C=O) groups excluding carboxylic acids is 1. The molecule has 0 aromatic heterocycles. The summed E-state index contributed by atoms with van der Waals surface area (Å²) in [6.45, 7) is 4.75. The van der Waals surface area contributed by atoms with E-state index < -0.39 is 0 Å². The van der Waals surface area contributed by atoms with Gasteiger partial charge in [-0.15, -0.1) is 0 Å². The number of rotatable bonds is 5. The number of amides is 1. The summed E-state index contributed by atoms with van der Waals surface area (Å²) < 4.78 is 5.53. The maximum absolute atomic E-state index is 12.4. The molecule has 0 spiro atoms. The normalized spacial score (nSPS) is 25.4. The minimum atomic E-state index is 0.000449. The maximum atomic E-state index is 12.4. The third-order valence-electron chi connectivity index (χ3n) is 4.58. The number of ether oxygens (including phenoxy) is 1. The van der Waals surface area contributed by atoms with Crippen LogP contribution < -0.4 is 15.4 Å². The Morgan fingerprint density at radius 2 is 2.10 bits per heavy atom. The van der Waals surface area contributed by atoms with Gasteiger partial charge in [0.05, 0.1) is 12.2 Å². The second-order valence-electron chi connectivity index (χ2n) is 6.00. The highest BCUT2D eigenvalue weighted by Gasteiger charge is 2.44. The van der Waals surface area contributed by atoms with Crippen LogP contribution in [0.15, 0.2) is 24.3 Å². The number of para-hydroxylation sites is 1. The van der Waals surface area contributed by atoms with Gasteiger partial charge in [-0.05, 0) is 63.2 Å². The van der Waals surface area contributed by atoms with Gasteiger partial charge >= 0.3 is 0 Å². The molecule has 1 saturated carbocycles. The van der Waals surface area contributed by atoms with Crippen LogP contribution in [-0.4, -0.2) is 31.6 Å². The highest BCUT2D eigenvalue weighted by molar-refractivity contribution is 5.97. The van der Waals surface area contributed by atoms with Crippen molar-refractivity contribution in [3.8, 4) is 5.75 Å². The van der Waals surface area contributed by atoms with E-state index in [9.17, 15) is 4.79 Å². The largest absolute Gasteiger partial charge is 0.493 e. The van der Waals surface area contributed by atoms with Crippen LogP contribution in [0, 0.1) is 11.8 Å². The van der Waals surface area contributed by atoms with Crippen molar-refractivity contribution in [1.82, 2.24) is 10.6 Å². The monoisotopic (exact) mass is 288 g/mol. The lowest BCUT2D eigenvalue weighted by Gasteiger charge is -2.22. The molecular formula is C17H24N2O2. The highest BCUT2D eigenvalue weighted by Crippen LogP contribution is 2.41. The quantitative estimate of drug-likeness (QED) is 0.873. The first-order chi connectivity index (χ1) is 10.3. The molecule has 2 atom stereocenters. The van der Waals surface area contributed by atoms with Crippen LogP contribution in [0.4, 0.5) is 0 Å². The Balaban J connectivity index is 1.57. The molecule has 1 aromatic rings. The summed E-state index contributed by atoms with van der Waals surface area (Å²) in [5.41, 5.74) is 0.648. The van der Waals surface area contributed by atoms with Crippen LogP contribution >= 0.6 is 0 Å². The first kappa shape index (κ1) is 14.4. The van der Waals surface area contributed by atoms with Crippen LogP contribution in [0.3, 0.4) is 0 Å². The molecule has 4 heteroatoms. The third-order valence-corrected chi connectivity index (χ3v) is 4.58.